The summed E-state index contributed by atoms with van der Waals surface area (Å²) in [5, 5.41) is 72.4. The van der Waals surface area contributed by atoms with E-state index in [-0.39, 0.29) is 34.1 Å². The number of aliphatic hydroxyl groups excluding tert-OH is 7. The second-order valence-corrected chi connectivity index (χ2v) is 19.0. The highest BCUT2D eigenvalue weighted by Crippen LogP contribution is 2.80. The molecule has 0 aromatic heterocycles. The van der Waals surface area contributed by atoms with E-state index >= 15 is 0 Å². The maximum atomic E-state index is 12.0. The van der Waals surface area contributed by atoms with E-state index in [1.165, 1.54) is 5.57 Å². The minimum absolute atomic E-state index is 0.00610. The number of rotatable bonds is 10. The summed E-state index contributed by atoms with van der Waals surface area (Å²) in [5.41, 5.74) is 1.87. The van der Waals surface area contributed by atoms with E-state index in [0.29, 0.717) is 24.9 Å². The van der Waals surface area contributed by atoms with Crippen molar-refractivity contribution in [2.75, 3.05) is 26.9 Å². The summed E-state index contributed by atoms with van der Waals surface area (Å²) < 4.78 is 54.4. The van der Waals surface area contributed by atoms with Crippen molar-refractivity contribution in [2.24, 2.45) is 22.7 Å². The first-order valence-electron chi connectivity index (χ1n) is 21.5. The van der Waals surface area contributed by atoms with Crippen LogP contribution in [0, 0.1) is 22.7 Å². The Kier molecular flexibility index (Phi) is 11.2. The fourth-order valence-corrected chi connectivity index (χ4v) is 12.9. The lowest BCUT2D eigenvalue weighted by Crippen LogP contribution is -2.63. The molecular formula is C42H62O17. The molecule has 0 aromatic carbocycles. The topological polar surface area (TPSA) is 245 Å². The number of hydrogen-bond donors (Lipinski definition) is 7. The Morgan fingerprint density at radius 3 is 2.27 bits per heavy atom. The number of aliphatic hydroxyl groups is 7. The van der Waals surface area contributed by atoms with E-state index in [2.05, 4.69) is 19.9 Å². The zero-order valence-electron chi connectivity index (χ0n) is 34.2. The van der Waals surface area contributed by atoms with Crippen molar-refractivity contribution in [1.82, 2.24) is 0 Å². The third kappa shape index (κ3) is 6.64. The van der Waals surface area contributed by atoms with Gasteiger partial charge in [0.05, 0.1) is 31.5 Å². The van der Waals surface area contributed by atoms with E-state index in [1.54, 1.807) is 13.2 Å². The summed E-state index contributed by atoms with van der Waals surface area (Å²) in [5.74, 6) is 0.660. The molecule has 59 heavy (non-hydrogen) atoms. The number of fused-ring (bicyclic) bond motifs is 2. The standard InChI is InChI=1S/C42H62O17/c1-19-36(58-38-35(50)33(48)31(46)26(57-38)18-53-37-34(49)32(47)30(45)25(16-43)56-37)24(51-4)15-29(54-19)55-22-6-9-39(2)21(14-22)5-11-41-27(39)8-10-40(3)23(7-12-42(40,41)59-41)20-13-28(44)52-17-20/h7,13,19,21-22,24-27,29-38,43,45-50H,5-6,8-12,14-18H2,1-4H3. The fourth-order valence-electron chi connectivity index (χ4n) is 12.9. The Bertz CT molecular complexity index is 1660. The Balaban J connectivity index is 0.797. The van der Waals surface area contributed by atoms with Gasteiger partial charge in [0.25, 0.3) is 0 Å². The molecule has 7 fully saturated rings. The van der Waals surface area contributed by atoms with Gasteiger partial charge in [-0.15, -0.1) is 0 Å². The molecule has 21 atom stereocenters. The largest absolute Gasteiger partial charge is 0.458 e. The van der Waals surface area contributed by atoms with Crippen molar-refractivity contribution in [3.8, 4) is 0 Å². The van der Waals surface area contributed by atoms with Gasteiger partial charge in [0.2, 0.25) is 0 Å². The lowest BCUT2D eigenvalue weighted by atomic mass is 9.44. The van der Waals surface area contributed by atoms with Gasteiger partial charge in [-0.3, -0.25) is 0 Å². The number of epoxide rings is 1. The first-order chi connectivity index (χ1) is 28.1. The molecule has 7 N–H and O–H groups in total. The van der Waals surface area contributed by atoms with Crippen LogP contribution in [0.4, 0.5) is 0 Å². The van der Waals surface area contributed by atoms with Crippen LogP contribution in [-0.2, 0) is 47.4 Å². The quantitative estimate of drug-likeness (QED) is 0.0861. The molecule has 3 saturated carbocycles. The molecule has 17 heteroatoms. The second-order valence-electron chi connectivity index (χ2n) is 19.0. The predicted molar refractivity (Wildman–Crippen MR) is 200 cm³/mol. The number of cyclic esters (lactones) is 1. The van der Waals surface area contributed by atoms with Gasteiger partial charge in [-0.25, -0.2) is 4.79 Å². The number of ether oxygens (including phenoxy) is 9. The van der Waals surface area contributed by atoms with Crippen LogP contribution in [0.2, 0.25) is 0 Å². The van der Waals surface area contributed by atoms with Crippen LogP contribution < -0.4 is 0 Å². The molecule has 0 amide bonds. The number of methoxy groups -OCH3 is 1. The molecule has 9 aliphatic rings. The molecule has 0 radical (unpaired) electrons. The van der Waals surface area contributed by atoms with Crippen LogP contribution in [0.5, 0.6) is 0 Å². The molecular weight excluding hydrogens is 776 g/mol. The molecule has 9 rings (SSSR count). The molecule has 0 bridgehead atoms. The van der Waals surface area contributed by atoms with Crippen molar-refractivity contribution in [3.63, 3.8) is 0 Å². The van der Waals surface area contributed by atoms with Gasteiger partial charge in [-0.05, 0) is 81.1 Å². The highest BCUT2D eigenvalue weighted by molar-refractivity contribution is 5.87. The minimum atomic E-state index is -1.69. The van der Waals surface area contributed by atoms with Crippen LogP contribution in [0.15, 0.2) is 23.3 Å². The Morgan fingerprint density at radius 1 is 0.831 bits per heavy atom. The Morgan fingerprint density at radius 2 is 1.56 bits per heavy atom. The van der Waals surface area contributed by atoms with E-state index in [0.717, 1.165) is 56.9 Å². The summed E-state index contributed by atoms with van der Waals surface area (Å²) >= 11 is 0. The maximum absolute atomic E-state index is 12.0. The number of esters is 1. The van der Waals surface area contributed by atoms with Gasteiger partial charge in [0.15, 0.2) is 18.9 Å². The van der Waals surface area contributed by atoms with Crippen LogP contribution in [0.1, 0.15) is 78.6 Å². The number of carbonyl (C=O) groups excluding carboxylic acids is 1. The molecule has 332 valence electrons. The number of hydrogen-bond acceptors (Lipinski definition) is 17. The van der Waals surface area contributed by atoms with Gasteiger partial charge in [-0.2, -0.15) is 0 Å². The van der Waals surface area contributed by atoms with Gasteiger partial charge in [0.1, 0.15) is 72.7 Å². The normalized spacial score (nSPS) is 54.3. The average Bonchev–Trinajstić information content (AvgIpc) is 3.53. The van der Waals surface area contributed by atoms with Crippen LogP contribution in [-0.4, -0.2) is 172 Å². The van der Waals surface area contributed by atoms with E-state index in [4.69, 9.17) is 42.6 Å². The van der Waals surface area contributed by atoms with Gasteiger partial charge >= 0.3 is 5.97 Å². The van der Waals surface area contributed by atoms with E-state index in [1.807, 2.05) is 6.92 Å². The minimum Gasteiger partial charge on any atom is -0.458 e. The monoisotopic (exact) mass is 838 g/mol. The predicted octanol–water partition coefficient (Wildman–Crippen LogP) is -0.132. The molecule has 21 unspecified atom stereocenters. The molecule has 4 saturated heterocycles. The maximum Gasteiger partial charge on any atom is 0.331 e. The summed E-state index contributed by atoms with van der Waals surface area (Å²) in [7, 11) is 1.55. The summed E-state index contributed by atoms with van der Waals surface area (Å²) in [6.45, 7) is 5.85. The zero-order valence-corrected chi connectivity index (χ0v) is 34.2. The van der Waals surface area contributed by atoms with Crippen LogP contribution >= 0.6 is 0 Å². The van der Waals surface area contributed by atoms with E-state index in [9.17, 15) is 40.5 Å². The summed E-state index contributed by atoms with van der Waals surface area (Å²) in [6, 6.07) is 0. The molecule has 17 nitrogen and oxygen atoms in total. The fraction of sp³-hybridized carbons (Fsp3) is 0.881. The van der Waals surface area contributed by atoms with Crippen LogP contribution in [0.3, 0.4) is 0 Å². The first kappa shape index (κ1) is 42.6. The third-order valence-electron chi connectivity index (χ3n) is 16.2. The van der Waals surface area contributed by atoms with Crippen LogP contribution in [0.25, 0.3) is 0 Å². The molecule has 2 spiro atoms. The molecule has 5 aliphatic heterocycles. The molecule has 5 heterocycles. The lowest BCUT2D eigenvalue weighted by Gasteiger charge is -2.58. The first-order valence-corrected chi connectivity index (χ1v) is 21.5. The highest BCUT2D eigenvalue weighted by atomic mass is 16.8. The van der Waals surface area contributed by atoms with Gasteiger partial charge in [0, 0.05) is 30.6 Å². The summed E-state index contributed by atoms with van der Waals surface area (Å²) in [6.07, 6.45) is -5.56. The third-order valence-corrected chi connectivity index (χ3v) is 16.2. The second kappa shape index (κ2) is 15.6. The molecule has 0 aromatic rings. The Labute approximate surface area is 343 Å². The van der Waals surface area contributed by atoms with E-state index < -0.39 is 99.2 Å². The van der Waals surface area contributed by atoms with Crippen molar-refractivity contribution >= 4 is 5.97 Å². The highest BCUT2D eigenvalue weighted by Gasteiger charge is 2.85. The summed E-state index contributed by atoms with van der Waals surface area (Å²) in [4.78, 5) is 12.0. The van der Waals surface area contributed by atoms with Gasteiger partial charge < -0.3 is 78.4 Å². The molecule has 4 aliphatic carbocycles. The van der Waals surface area contributed by atoms with Crippen molar-refractivity contribution in [3.05, 3.63) is 23.3 Å². The number of carbonyl (C=O) groups is 1. The average molecular weight is 839 g/mol. The van der Waals surface area contributed by atoms with Crippen molar-refractivity contribution < 1.29 is 83.2 Å². The SMILES string of the molecule is COC1CC(OC2CCC3(C)C(CCC45OC46CC=C(C4=CC(=O)OC4)C6(C)CCC35)C2)OC(C)C1OC1OC(COC2OC(CO)C(O)C(O)C2O)C(O)C(O)C1O. The van der Waals surface area contributed by atoms with Crippen molar-refractivity contribution in [2.45, 2.75) is 182 Å². The zero-order chi connectivity index (χ0) is 41.8. The lowest BCUT2D eigenvalue weighted by molar-refractivity contribution is -0.355. The van der Waals surface area contributed by atoms with Crippen molar-refractivity contribution in [1.29, 1.82) is 0 Å². The Hall–Kier alpha value is -1.65. The smallest absolute Gasteiger partial charge is 0.331 e. The van der Waals surface area contributed by atoms with Gasteiger partial charge in [-0.1, -0.05) is 19.9 Å².